The minimum Gasteiger partial charge on any atom is -0.480 e. The van der Waals surface area contributed by atoms with E-state index in [1.54, 1.807) is 0 Å². The topological polar surface area (TPSA) is 172 Å². The molecule has 0 bridgehead atoms. The number of allylic oxidation sites excluding steroid dienone is 14. The van der Waals surface area contributed by atoms with Gasteiger partial charge in [0.05, 0.1) is 13.2 Å². The van der Waals surface area contributed by atoms with Crippen molar-refractivity contribution in [3.05, 3.63) is 85.1 Å². The van der Waals surface area contributed by atoms with Crippen molar-refractivity contribution in [2.24, 2.45) is 5.73 Å². The molecule has 56 heavy (non-hydrogen) atoms. The van der Waals surface area contributed by atoms with Crippen molar-refractivity contribution in [2.45, 2.75) is 154 Å². The van der Waals surface area contributed by atoms with Crippen LogP contribution < -0.4 is 5.73 Å². The Morgan fingerprint density at radius 1 is 0.571 bits per heavy atom. The molecule has 0 aliphatic carbocycles. The van der Waals surface area contributed by atoms with Crippen LogP contribution in [-0.2, 0) is 37.5 Å². The van der Waals surface area contributed by atoms with Crippen molar-refractivity contribution in [3.8, 4) is 0 Å². The van der Waals surface area contributed by atoms with E-state index in [1.807, 2.05) is 12.2 Å². The zero-order chi connectivity index (χ0) is 41.4. The van der Waals surface area contributed by atoms with Crippen LogP contribution in [0.3, 0.4) is 0 Å². The van der Waals surface area contributed by atoms with Crippen LogP contribution in [0.1, 0.15) is 142 Å². The average molecular weight is 806 g/mol. The van der Waals surface area contributed by atoms with Gasteiger partial charge in [0, 0.05) is 12.8 Å². The molecule has 11 nitrogen and oxygen atoms in total. The molecule has 0 saturated heterocycles. The second kappa shape index (κ2) is 38.5. The van der Waals surface area contributed by atoms with E-state index < -0.39 is 51.1 Å². The summed E-state index contributed by atoms with van der Waals surface area (Å²) in [6, 6.07) is -1.54. The molecule has 0 aromatic carbocycles. The summed E-state index contributed by atoms with van der Waals surface area (Å²) in [5.74, 6) is -2.49. The summed E-state index contributed by atoms with van der Waals surface area (Å²) < 4.78 is 32.6. The van der Waals surface area contributed by atoms with Gasteiger partial charge in [0.15, 0.2) is 6.10 Å². The molecule has 3 atom stereocenters. The lowest BCUT2D eigenvalue weighted by Crippen LogP contribution is -2.34. The summed E-state index contributed by atoms with van der Waals surface area (Å²) in [4.78, 5) is 45.9. The number of carboxylic acids is 1. The van der Waals surface area contributed by atoms with Crippen molar-refractivity contribution in [1.29, 1.82) is 0 Å². The number of phosphoric acid groups is 1. The normalized spacial score (nSPS) is 14.6. The molecular weight excluding hydrogens is 733 g/mol. The van der Waals surface area contributed by atoms with Gasteiger partial charge in [0.2, 0.25) is 0 Å². The van der Waals surface area contributed by atoms with Gasteiger partial charge in [-0.25, -0.2) is 4.57 Å². The molecule has 0 amide bonds. The monoisotopic (exact) mass is 805 g/mol. The maximum absolute atomic E-state index is 12.6. The Morgan fingerprint density at radius 2 is 1.02 bits per heavy atom. The zero-order valence-electron chi connectivity index (χ0n) is 34.2. The van der Waals surface area contributed by atoms with Gasteiger partial charge < -0.3 is 25.2 Å². The maximum Gasteiger partial charge on any atom is 0.472 e. The van der Waals surface area contributed by atoms with Crippen LogP contribution in [0.15, 0.2) is 85.1 Å². The Labute approximate surface area is 337 Å². The van der Waals surface area contributed by atoms with Crippen molar-refractivity contribution in [3.63, 3.8) is 0 Å². The van der Waals surface area contributed by atoms with Crippen molar-refractivity contribution < 1.29 is 47.5 Å². The van der Waals surface area contributed by atoms with Crippen LogP contribution in [-0.4, -0.2) is 59.9 Å². The Bertz CT molecular complexity index is 1270. The van der Waals surface area contributed by atoms with Gasteiger partial charge in [-0.3, -0.25) is 23.4 Å². The lowest BCUT2D eigenvalue weighted by atomic mass is 10.1. The van der Waals surface area contributed by atoms with E-state index in [-0.39, 0.29) is 19.4 Å². The fraction of sp³-hybridized carbons (Fsp3) is 0.614. The molecule has 0 radical (unpaired) electrons. The van der Waals surface area contributed by atoms with Gasteiger partial charge in [-0.05, 0) is 83.5 Å². The highest BCUT2D eigenvalue weighted by atomic mass is 31.2. The highest BCUT2D eigenvalue weighted by molar-refractivity contribution is 7.47. The van der Waals surface area contributed by atoms with Crippen LogP contribution >= 0.6 is 7.82 Å². The fourth-order valence-electron chi connectivity index (χ4n) is 4.89. The highest BCUT2D eigenvalue weighted by Gasteiger charge is 2.28. The Kier molecular flexibility index (Phi) is 36.2. The Balaban J connectivity index is 4.54. The van der Waals surface area contributed by atoms with E-state index in [0.717, 1.165) is 77.0 Å². The minimum atomic E-state index is -4.74. The third-order valence-electron chi connectivity index (χ3n) is 8.13. The molecule has 4 N–H and O–H groups in total. The standard InChI is InChI=1S/C44H72NO10P/c1-3-5-7-9-11-13-15-17-19-20-22-23-25-27-29-31-33-35-42(46)52-37-40(38-53-56(50,51)54-39-41(45)44(48)49)55-43(47)36-34-32-30-28-26-24-21-18-16-14-12-10-8-6-4-2/h6,8,11-14,17-19,21-23,27,29,40-41H,3-5,7,9-10,15-16,20,24-26,28,30-39,45H2,1-2H3,(H,48,49)(H,50,51). The largest absolute Gasteiger partial charge is 0.480 e. The lowest BCUT2D eigenvalue weighted by Gasteiger charge is -2.20. The molecule has 0 aromatic rings. The molecule has 3 unspecified atom stereocenters. The second-order valence-electron chi connectivity index (χ2n) is 13.4. The van der Waals surface area contributed by atoms with Crippen molar-refractivity contribution in [2.75, 3.05) is 19.8 Å². The number of hydrogen-bond donors (Lipinski definition) is 3. The molecule has 12 heteroatoms. The number of carbonyl (C=O) groups is 3. The quantitative estimate of drug-likeness (QED) is 0.0236. The van der Waals surface area contributed by atoms with Crippen LogP contribution in [0.2, 0.25) is 0 Å². The van der Waals surface area contributed by atoms with Crippen LogP contribution in [0, 0.1) is 0 Å². The van der Waals surface area contributed by atoms with Gasteiger partial charge in [0.25, 0.3) is 0 Å². The summed E-state index contributed by atoms with van der Waals surface area (Å²) in [6.45, 7) is 2.56. The number of esters is 2. The SMILES string of the molecule is CCC=CCC=CCC=CCCCCCCCC(=O)OC(COC(=O)CCCC=CCC=CCC=CCC=CCCCCC)COP(=O)(O)OCC(N)C(=O)O. The first-order valence-corrected chi connectivity index (χ1v) is 22.1. The lowest BCUT2D eigenvalue weighted by molar-refractivity contribution is -0.161. The van der Waals surface area contributed by atoms with Gasteiger partial charge in [-0.15, -0.1) is 0 Å². The average Bonchev–Trinajstić information content (AvgIpc) is 3.17. The van der Waals surface area contributed by atoms with E-state index in [0.29, 0.717) is 19.3 Å². The van der Waals surface area contributed by atoms with E-state index in [9.17, 15) is 23.8 Å². The molecule has 0 heterocycles. The number of unbranched alkanes of at least 4 members (excludes halogenated alkanes) is 9. The third kappa shape index (κ3) is 37.6. The molecule has 0 aromatic heterocycles. The number of phosphoric ester groups is 1. The van der Waals surface area contributed by atoms with E-state index in [2.05, 4.69) is 91.3 Å². The number of rotatable bonds is 37. The van der Waals surface area contributed by atoms with Gasteiger partial charge >= 0.3 is 25.7 Å². The smallest absolute Gasteiger partial charge is 0.472 e. The van der Waals surface area contributed by atoms with E-state index >= 15 is 0 Å². The van der Waals surface area contributed by atoms with E-state index in [4.69, 9.17) is 24.8 Å². The molecule has 0 saturated carbocycles. The fourth-order valence-corrected chi connectivity index (χ4v) is 5.67. The number of hydrogen-bond acceptors (Lipinski definition) is 9. The van der Waals surface area contributed by atoms with Gasteiger partial charge in [-0.1, -0.05) is 131 Å². The summed E-state index contributed by atoms with van der Waals surface area (Å²) in [5.41, 5.74) is 5.32. The van der Waals surface area contributed by atoms with Gasteiger partial charge in [-0.2, -0.15) is 0 Å². The molecule has 0 fully saturated rings. The molecular formula is C44H72NO10P. The molecule has 0 rings (SSSR count). The number of carboxylic acid groups (broad SMARTS) is 1. The summed E-state index contributed by atoms with van der Waals surface area (Å²) >= 11 is 0. The van der Waals surface area contributed by atoms with E-state index in [1.165, 1.54) is 19.3 Å². The van der Waals surface area contributed by atoms with Crippen LogP contribution in [0.5, 0.6) is 0 Å². The number of aliphatic carboxylic acids is 1. The minimum absolute atomic E-state index is 0.125. The first-order valence-electron chi connectivity index (χ1n) is 20.6. The molecule has 0 spiro atoms. The number of ether oxygens (including phenoxy) is 2. The van der Waals surface area contributed by atoms with Gasteiger partial charge in [0.1, 0.15) is 12.6 Å². The predicted molar refractivity (Wildman–Crippen MR) is 226 cm³/mol. The van der Waals surface area contributed by atoms with Crippen LogP contribution in [0.25, 0.3) is 0 Å². The molecule has 318 valence electrons. The summed E-state index contributed by atoms with van der Waals surface area (Å²) in [7, 11) is -4.74. The first kappa shape index (κ1) is 52.7. The predicted octanol–water partition coefficient (Wildman–Crippen LogP) is 10.7. The first-order chi connectivity index (χ1) is 27.1. The Hall–Kier alpha value is -3.34. The summed E-state index contributed by atoms with van der Waals surface area (Å²) in [6.07, 6.45) is 46.5. The highest BCUT2D eigenvalue weighted by Crippen LogP contribution is 2.43. The number of nitrogens with two attached hydrogens (primary N) is 1. The summed E-state index contributed by atoms with van der Waals surface area (Å²) in [5, 5.41) is 8.88. The van der Waals surface area contributed by atoms with Crippen LogP contribution in [0.4, 0.5) is 0 Å². The second-order valence-corrected chi connectivity index (χ2v) is 14.8. The molecule has 0 aliphatic heterocycles. The Morgan fingerprint density at radius 3 is 1.55 bits per heavy atom. The third-order valence-corrected chi connectivity index (χ3v) is 9.08. The number of carbonyl (C=O) groups excluding carboxylic acids is 2. The zero-order valence-corrected chi connectivity index (χ0v) is 35.1. The van der Waals surface area contributed by atoms with Crippen molar-refractivity contribution >= 4 is 25.7 Å². The maximum atomic E-state index is 12.6. The van der Waals surface area contributed by atoms with Crippen molar-refractivity contribution in [1.82, 2.24) is 0 Å². The molecule has 0 aliphatic rings.